The SMILES string of the molecule is CC(C)N1CCN(c2ccc(CO)cc2)C(=O)C1. The zero-order valence-corrected chi connectivity index (χ0v) is 11.0. The molecule has 1 N–H and O–H groups in total. The van der Waals surface area contributed by atoms with Crippen LogP contribution in [0, 0.1) is 0 Å². The second-order valence-corrected chi connectivity index (χ2v) is 4.93. The van der Waals surface area contributed by atoms with Gasteiger partial charge in [-0.1, -0.05) is 12.1 Å². The molecule has 0 aromatic heterocycles. The Labute approximate surface area is 108 Å². The number of carbonyl (C=O) groups excluding carboxylic acids is 1. The molecule has 0 aliphatic carbocycles. The van der Waals surface area contributed by atoms with Crippen molar-refractivity contribution >= 4 is 11.6 Å². The molecule has 1 aliphatic rings. The molecule has 0 unspecified atom stereocenters. The molecule has 2 rings (SSSR count). The highest BCUT2D eigenvalue weighted by atomic mass is 16.3. The van der Waals surface area contributed by atoms with Crippen LogP contribution in [0.4, 0.5) is 5.69 Å². The molecule has 1 saturated heterocycles. The summed E-state index contributed by atoms with van der Waals surface area (Å²) >= 11 is 0. The zero-order chi connectivity index (χ0) is 13.1. The van der Waals surface area contributed by atoms with Crippen molar-refractivity contribution in [3.8, 4) is 0 Å². The van der Waals surface area contributed by atoms with Gasteiger partial charge in [-0.2, -0.15) is 0 Å². The van der Waals surface area contributed by atoms with E-state index in [2.05, 4.69) is 18.7 Å². The van der Waals surface area contributed by atoms with Crippen LogP contribution < -0.4 is 4.90 Å². The molecule has 98 valence electrons. The standard InChI is InChI=1S/C14H20N2O2/c1-11(2)15-7-8-16(14(18)9-15)13-5-3-12(10-17)4-6-13/h3-6,11,17H,7-10H2,1-2H3. The molecule has 4 heteroatoms. The fourth-order valence-corrected chi connectivity index (χ4v) is 2.19. The topological polar surface area (TPSA) is 43.8 Å². The summed E-state index contributed by atoms with van der Waals surface area (Å²) in [6.07, 6.45) is 0. The average Bonchev–Trinajstić information content (AvgIpc) is 2.38. The average molecular weight is 248 g/mol. The minimum Gasteiger partial charge on any atom is -0.392 e. The normalized spacial score (nSPS) is 17.6. The molecule has 1 amide bonds. The van der Waals surface area contributed by atoms with Crippen molar-refractivity contribution in [1.82, 2.24) is 4.90 Å². The van der Waals surface area contributed by atoms with Crippen LogP contribution in [0.15, 0.2) is 24.3 Å². The number of rotatable bonds is 3. The van der Waals surface area contributed by atoms with Crippen LogP contribution in [0.3, 0.4) is 0 Å². The maximum Gasteiger partial charge on any atom is 0.241 e. The lowest BCUT2D eigenvalue weighted by Gasteiger charge is -2.36. The van der Waals surface area contributed by atoms with Crippen molar-refractivity contribution in [2.24, 2.45) is 0 Å². The molecule has 1 aromatic carbocycles. The molecule has 1 aromatic rings. The highest BCUT2D eigenvalue weighted by molar-refractivity contribution is 5.95. The van der Waals surface area contributed by atoms with Crippen molar-refractivity contribution < 1.29 is 9.90 Å². The Hall–Kier alpha value is -1.39. The number of aliphatic hydroxyl groups excluding tert-OH is 1. The van der Waals surface area contributed by atoms with Crippen molar-refractivity contribution in [3.05, 3.63) is 29.8 Å². The van der Waals surface area contributed by atoms with Gasteiger partial charge in [0.25, 0.3) is 0 Å². The van der Waals surface area contributed by atoms with E-state index in [0.29, 0.717) is 12.6 Å². The number of amides is 1. The van der Waals surface area contributed by atoms with Gasteiger partial charge in [0.2, 0.25) is 5.91 Å². The van der Waals surface area contributed by atoms with Gasteiger partial charge in [-0.15, -0.1) is 0 Å². The van der Waals surface area contributed by atoms with Crippen LogP contribution in [0.1, 0.15) is 19.4 Å². The molecule has 1 aliphatic heterocycles. The van der Waals surface area contributed by atoms with Crippen molar-refractivity contribution in [2.45, 2.75) is 26.5 Å². The quantitative estimate of drug-likeness (QED) is 0.875. The number of hydrogen-bond acceptors (Lipinski definition) is 3. The Morgan fingerprint density at radius 2 is 1.89 bits per heavy atom. The molecule has 0 spiro atoms. The van der Waals surface area contributed by atoms with Gasteiger partial charge in [-0.05, 0) is 31.5 Å². The predicted molar refractivity (Wildman–Crippen MR) is 71.4 cm³/mol. The number of nitrogens with zero attached hydrogens (tertiary/aromatic N) is 2. The molecule has 0 radical (unpaired) electrons. The first-order valence-corrected chi connectivity index (χ1v) is 6.36. The van der Waals surface area contributed by atoms with E-state index in [4.69, 9.17) is 5.11 Å². The summed E-state index contributed by atoms with van der Waals surface area (Å²) in [5, 5.41) is 9.00. The number of piperazine rings is 1. The maximum atomic E-state index is 12.1. The fraction of sp³-hybridized carbons (Fsp3) is 0.500. The third kappa shape index (κ3) is 2.71. The van der Waals surface area contributed by atoms with E-state index < -0.39 is 0 Å². The number of carbonyl (C=O) groups is 1. The largest absolute Gasteiger partial charge is 0.392 e. The van der Waals surface area contributed by atoms with Gasteiger partial charge in [0.1, 0.15) is 0 Å². The second kappa shape index (κ2) is 5.50. The molecule has 4 nitrogen and oxygen atoms in total. The van der Waals surface area contributed by atoms with Crippen LogP contribution in [-0.2, 0) is 11.4 Å². The van der Waals surface area contributed by atoms with E-state index in [1.807, 2.05) is 29.2 Å². The lowest BCUT2D eigenvalue weighted by atomic mass is 10.1. The number of benzene rings is 1. The van der Waals surface area contributed by atoms with Gasteiger partial charge in [-0.3, -0.25) is 9.69 Å². The first-order chi connectivity index (χ1) is 8.61. The number of aliphatic hydroxyl groups is 1. The molecular formula is C14H20N2O2. The van der Waals surface area contributed by atoms with Crippen LogP contribution in [0.25, 0.3) is 0 Å². The molecule has 0 bridgehead atoms. The fourth-order valence-electron chi connectivity index (χ4n) is 2.19. The van der Waals surface area contributed by atoms with E-state index in [0.717, 1.165) is 24.3 Å². The summed E-state index contributed by atoms with van der Waals surface area (Å²) in [4.78, 5) is 16.1. The molecule has 18 heavy (non-hydrogen) atoms. The van der Waals surface area contributed by atoms with Crippen molar-refractivity contribution in [1.29, 1.82) is 0 Å². The molecule has 1 fully saturated rings. The summed E-state index contributed by atoms with van der Waals surface area (Å²) in [5.41, 5.74) is 1.78. The second-order valence-electron chi connectivity index (χ2n) is 4.93. The smallest absolute Gasteiger partial charge is 0.241 e. The Morgan fingerprint density at radius 3 is 2.39 bits per heavy atom. The highest BCUT2D eigenvalue weighted by Crippen LogP contribution is 2.19. The molecule has 0 atom stereocenters. The number of hydrogen-bond donors (Lipinski definition) is 1. The molecule has 1 heterocycles. The van der Waals surface area contributed by atoms with Gasteiger partial charge in [0.05, 0.1) is 13.2 Å². The lowest BCUT2D eigenvalue weighted by molar-refractivity contribution is -0.121. The summed E-state index contributed by atoms with van der Waals surface area (Å²) in [7, 11) is 0. The van der Waals surface area contributed by atoms with Crippen LogP contribution in [-0.4, -0.2) is 41.6 Å². The monoisotopic (exact) mass is 248 g/mol. The Bertz CT molecular complexity index is 414. The Morgan fingerprint density at radius 1 is 1.22 bits per heavy atom. The van der Waals surface area contributed by atoms with Crippen molar-refractivity contribution in [3.63, 3.8) is 0 Å². The summed E-state index contributed by atoms with van der Waals surface area (Å²) in [6, 6.07) is 7.92. The van der Waals surface area contributed by atoms with Crippen LogP contribution in [0.2, 0.25) is 0 Å². The van der Waals surface area contributed by atoms with Crippen LogP contribution in [0.5, 0.6) is 0 Å². The Balaban J connectivity index is 2.08. The van der Waals surface area contributed by atoms with Crippen LogP contribution >= 0.6 is 0 Å². The van der Waals surface area contributed by atoms with Gasteiger partial charge >= 0.3 is 0 Å². The van der Waals surface area contributed by atoms with E-state index >= 15 is 0 Å². The predicted octanol–water partition coefficient (Wildman–Crippen LogP) is 1.24. The first-order valence-electron chi connectivity index (χ1n) is 6.36. The minimum atomic E-state index is 0.0371. The maximum absolute atomic E-state index is 12.1. The highest BCUT2D eigenvalue weighted by Gasteiger charge is 2.26. The summed E-state index contributed by atoms with van der Waals surface area (Å²) in [6.45, 7) is 6.38. The third-order valence-electron chi connectivity index (χ3n) is 3.41. The van der Waals surface area contributed by atoms with Gasteiger partial charge in [0.15, 0.2) is 0 Å². The van der Waals surface area contributed by atoms with Gasteiger partial charge < -0.3 is 10.0 Å². The Kier molecular flexibility index (Phi) is 3.99. The lowest BCUT2D eigenvalue weighted by Crippen LogP contribution is -2.52. The first kappa shape index (κ1) is 13.1. The van der Waals surface area contributed by atoms with Crippen molar-refractivity contribution in [2.75, 3.05) is 24.5 Å². The molecule has 0 saturated carbocycles. The zero-order valence-electron chi connectivity index (χ0n) is 11.0. The van der Waals surface area contributed by atoms with Gasteiger partial charge in [0, 0.05) is 24.8 Å². The summed E-state index contributed by atoms with van der Waals surface area (Å²) in [5.74, 6) is 0.145. The number of anilines is 1. The molecular weight excluding hydrogens is 228 g/mol. The van der Waals surface area contributed by atoms with E-state index in [1.54, 1.807) is 0 Å². The van der Waals surface area contributed by atoms with Gasteiger partial charge in [-0.25, -0.2) is 0 Å². The summed E-state index contributed by atoms with van der Waals surface area (Å²) < 4.78 is 0. The van der Waals surface area contributed by atoms with E-state index in [-0.39, 0.29) is 12.5 Å². The van der Waals surface area contributed by atoms with E-state index in [1.165, 1.54) is 0 Å². The third-order valence-corrected chi connectivity index (χ3v) is 3.41. The van der Waals surface area contributed by atoms with E-state index in [9.17, 15) is 4.79 Å². The minimum absolute atomic E-state index is 0.0371.